The van der Waals surface area contributed by atoms with Crippen LogP contribution in [0.3, 0.4) is 0 Å². The molecule has 0 unspecified atom stereocenters. The first-order chi connectivity index (χ1) is 12.6. The summed E-state index contributed by atoms with van der Waals surface area (Å²) in [6, 6.07) is 15.7. The number of ketones is 1. The molecule has 1 saturated heterocycles. The zero-order valence-electron chi connectivity index (χ0n) is 14.4. The third-order valence-electron chi connectivity index (χ3n) is 4.26. The van der Waals surface area contributed by atoms with Crippen LogP contribution in [0.1, 0.15) is 16.8 Å². The first kappa shape index (κ1) is 17.7. The molecule has 0 aliphatic carbocycles. The van der Waals surface area contributed by atoms with Crippen LogP contribution in [-0.2, 0) is 14.3 Å². The van der Waals surface area contributed by atoms with Gasteiger partial charge in [0.1, 0.15) is 5.75 Å². The number of benzene rings is 2. The van der Waals surface area contributed by atoms with E-state index in [-0.39, 0.29) is 31.3 Å². The van der Waals surface area contributed by atoms with Crippen molar-refractivity contribution in [2.75, 3.05) is 25.2 Å². The SMILES string of the molecule is COc1cccc(N2C[C@H](C(=O)OCC(=O)c3ccccc3)CC2=O)c1. The molecular formula is C20H19NO5. The molecule has 1 atom stereocenters. The number of carbonyl (C=O) groups is 3. The van der Waals surface area contributed by atoms with Crippen LogP contribution in [0.15, 0.2) is 54.6 Å². The summed E-state index contributed by atoms with van der Waals surface area (Å²) in [7, 11) is 1.55. The lowest BCUT2D eigenvalue weighted by molar-refractivity contribution is -0.147. The van der Waals surface area contributed by atoms with Gasteiger partial charge >= 0.3 is 5.97 Å². The van der Waals surface area contributed by atoms with Crippen LogP contribution in [0, 0.1) is 5.92 Å². The molecule has 1 heterocycles. The zero-order chi connectivity index (χ0) is 18.5. The van der Waals surface area contributed by atoms with Gasteiger partial charge in [0, 0.05) is 30.3 Å². The van der Waals surface area contributed by atoms with Crippen LogP contribution in [0.4, 0.5) is 5.69 Å². The second-order valence-corrected chi connectivity index (χ2v) is 6.00. The highest BCUT2D eigenvalue weighted by Gasteiger charge is 2.36. The van der Waals surface area contributed by atoms with E-state index in [4.69, 9.17) is 9.47 Å². The molecule has 0 bridgehead atoms. The van der Waals surface area contributed by atoms with Crippen LogP contribution in [0.2, 0.25) is 0 Å². The fourth-order valence-electron chi connectivity index (χ4n) is 2.86. The van der Waals surface area contributed by atoms with Gasteiger partial charge in [-0.05, 0) is 12.1 Å². The average Bonchev–Trinajstić information content (AvgIpc) is 3.08. The molecule has 3 rings (SSSR count). The van der Waals surface area contributed by atoms with Gasteiger partial charge in [-0.25, -0.2) is 0 Å². The Morgan fingerprint density at radius 3 is 2.62 bits per heavy atom. The molecular weight excluding hydrogens is 334 g/mol. The summed E-state index contributed by atoms with van der Waals surface area (Å²) in [5.41, 5.74) is 1.16. The summed E-state index contributed by atoms with van der Waals surface area (Å²) in [4.78, 5) is 38.1. The third-order valence-corrected chi connectivity index (χ3v) is 4.26. The van der Waals surface area contributed by atoms with Crippen molar-refractivity contribution in [2.24, 2.45) is 5.92 Å². The molecule has 26 heavy (non-hydrogen) atoms. The number of ether oxygens (including phenoxy) is 2. The summed E-state index contributed by atoms with van der Waals surface area (Å²) >= 11 is 0. The monoisotopic (exact) mass is 353 g/mol. The molecule has 1 fully saturated rings. The minimum atomic E-state index is -0.586. The van der Waals surface area contributed by atoms with Crippen molar-refractivity contribution in [2.45, 2.75) is 6.42 Å². The van der Waals surface area contributed by atoms with Crippen molar-refractivity contribution in [3.63, 3.8) is 0 Å². The Labute approximate surface area is 151 Å². The molecule has 6 heteroatoms. The van der Waals surface area contributed by atoms with Crippen molar-refractivity contribution in [3.05, 3.63) is 60.2 Å². The number of rotatable bonds is 6. The first-order valence-corrected chi connectivity index (χ1v) is 8.28. The lowest BCUT2D eigenvalue weighted by atomic mass is 10.1. The second kappa shape index (κ2) is 7.82. The molecule has 0 aromatic heterocycles. The van der Waals surface area contributed by atoms with Gasteiger partial charge in [0.25, 0.3) is 0 Å². The van der Waals surface area contributed by atoms with Gasteiger partial charge in [-0.1, -0.05) is 36.4 Å². The zero-order valence-corrected chi connectivity index (χ0v) is 14.4. The minimum Gasteiger partial charge on any atom is -0.497 e. The fourth-order valence-corrected chi connectivity index (χ4v) is 2.86. The molecule has 0 N–H and O–H groups in total. The number of hydrogen-bond acceptors (Lipinski definition) is 5. The number of Topliss-reactive ketones (excluding diaryl/α,β-unsaturated/α-hetero) is 1. The van der Waals surface area contributed by atoms with Crippen molar-refractivity contribution in [1.29, 1.82) is 0 Å². The maximum atomic E-state index is 12.3. The Morgan fingerprint density at radius 1 is 1.12 bits per heavy atom. The topological polar surface area (TPSA) is 72.9 Å². The summed E-state index contributed by atoms with van der Waals surface area (Å²) < 4.78 is 10.3. The summed E-state index contributed by atoms with van der Waals surface area (Å²) in [6.45, 7) is -0.100. The van der Waals surface area contributed by atoms with E-state index < -0.39 is 11.9 Å². The molecule has 2 aromatic carbocycles. The van der Waals surface area contributed by atoms with Gasteiger partial charge < -0.3 is 14.4 Å². The smallest absolute Gasteiger partial charge is 0.311 e. The lowest BCUT2D eigenvalue weighted by Crippen LogP contribution is -2.27. The fraction of sp³-hybridized carbons (Fsp3) is 0.250. The van der Waals surface area contributed by atoms with Gasteiger partial charge in [0.2, 0.25) is 5.91 Å². The van der Waals surface area contributed by atoms with Crippen LogP contribution >= 0.6 is 0 Å². The highest BCUT2D eigenvalue weighted by Crippen LogP contribution is 2.28. The standard InChI is InChI=1S/C20H19NO5/c1-25-17-9-5-8-16(11-17)21-12-15(10-19(21)23)20(24)26-13-18(22)14-6-3-2-4-7-14/h2-9,11,15H,10,12-13H2,1H3/t15-/m1/s1. The number of methoxy groups -OCH3 is 1. The summed E-state index contributed by atoms with van der Waals surface area (Å²) in [5.74, 6) is -0.914. The summed E-state index contributed by atoms with van der Waals surface area (Å²) in [6.07, 6.45) is 0.0651. The number of carbonyl (C=O) groups excluding carboxylic acids is 3. The molecule has 2 aromatic rings. The Balaban J connectivity index is 1.59. The maximum absolute atomic E-state index is 12.3. The van der Waals surface area contributed by atoms with E-state index in [2.05, 4.69) is 0 Å². The first-order valence-electron chi connectivity index (χ1n) is 8.28. The van der Waals surface area contributed by atoms with E-state index in [9.17, 15) is 14.4 Å². The van der Waals surface area contributed by atoms with E-state index in [0.717, 1.165) is 0 Å². The Morgan fingerprint density at radius 2 is 1.88 bits per heavy atom. The highest BCUT2D eigenvalue weighted by molar-refractivity contribution is 6.01. The molecule has 134 valence electrons. The highest BCUT2D eigenvalue weighted by atomic mass is 16.5. The van der Waals surface area contributed by atoms with E-state index >= 15 is 0 Å². The number of amides is 1. The molecule has 1 aliphatic heterocycles. The van der Waals surface area contributed by atoms with Gasteiger partial charge in [-0.15, -0.1) is 0 Å². The number of nitrogens with zero attached hydrogens (tertiary/aromatic N) is 1. The number of hydrogen-bond donors (Lipinski definition) is 0. The second-order valence-electron chi connectivity index (χ2n) is 6.00. The van der Waals surface area contributed by atoms with Gasteiger partial charge in [-0.3, -0.25) is 14.4 Å². The van der Waals surface area contributed by atoms with Crippen LogP contribution in [-0.4, -0.2) is 37.9 Å². The maximum Gasteiger partial charge on any atom is 0.311 e. The molecule has 0 spiro atoms. The Kier molecular flexibility index (Phi) is 5.31. The van der Waals surface area contributed by atoms with E-state index in [1.807, 2.05) is 0 Å². The van der Waals surface area contributed by atoms with Gasteiger partial charge in [0.15, 0.2) is 12.4 Å². The predicted octanol–water partition coefficient (Wildman–Crippen LogP) is 2.47. The normalized spacial score (nSPS) is 16.4. The molecule has 1 amide bonds. The van der Waals surface area contributed by atoms with Crippen LogP contribution < -0.4 is 9.64 Å². The lowest BCUT2D eigenvalue weighted by Gasteiger charge is -2.17. The van der Waals surface area contributed by atoms with Crippen molar-refractivity contribution < 1.29 is 23.9 Å². The Hall–Kier alpha value is -3.15. The largest absolute Gasteiger partial charge is 0.497 e. The quantitative estimate of drug-likeness (QED) is 0.589. The van der Waals surface area contributed by atoms with Crippen molar-refractivity contribution in [1.82, 2.24) is 0 Å². The average molecular weight is 353 g/mol. The minimum absolute atomic E-state index is 0.0651. The molecule has 6 nitrogen and oxygen atoms in total. The molecule has 0 radical (unpaired) electrons. The van der Waals surface area contributed by atoms with Gasteiger partial charge in [-0.2, -0.15) is 0 Å². The van der Waals surface area contributed by atoms with E-state index in [0.29, 0.717) is 17.0 Å². The summed E-state index contributed by atoms with van der Waals surface area (Å²) in [5, 5.41) is 0. The van der Waals surface area contributed by atoms with E-state index in [1.165, 1.54) is 4.90 Å². The third kappa shape index (κ3) is 3.91. The predicted molar refractivity (Wildman–Crippen MR) is 95.2 cm³/mol. The Bertz CT molecular complexity index is 818. The molecule has 0 saturated carbocycles. The van der Waals surface area contributed by atoms with Crippen LogP contribution in [0.5, 0.6) is 5.75 Å². The van der Waals surface area contributed by atoms with E-state index in [1.54, 1.807) is 61.7 Å². The molecule has 1 aliphatic rings. The van der Waals surface area contributed by atoms with Crippen molar-refractivity contribution >= 4 is 23.3 Å². The van der Waals surface area contributed by atoms with Crippen LogP contribution in [0.25, 0.3) is 0 Å². The number of esters is 1. The van der Waals surface area contributed by atoms with Gasteiger partial charge in [0.05, 0.1) is 13.0 Å². The number of anilines is 1. The van der Waals surface area contributed by atoms with Crippen molar-refractivity contribution in [3.8, 4) is 5.75 Å².